The highest BCUT2D eigenvalue weighted by Gasteiger charge is 2.56. The van der Waals surface area contributed by atoms with Crippen LogP contribution in [0, 0.1) is 23.3 Å². The number of esters is 3. The molecule has 0 fully saturated rings. The largest absolute Gasteiger partial charge is 0.478 e. The van der Waals surface area contributed by atoms with Gasteiger partial charge in [0.15, 0.2) is 28.7 Å². The molecule has 1 N–H and O–H groups in total. The lowest BCUT2D eigenvalue weighted by Crippen LogP contribution is -2.34. The zero-order valence-electron chi connectivity index (χ0n) is 19.1. The minimum Gasteiger partial charge on any atom is -0.478 e. The molecule has 9 nitrogen and oxygen atoms in total. The molecule has 13 heteroatoms. The average Bonchev–Trinajstić information content (AvgIpc) is 3.13. The summed E-state index contributed by atoms with van der Waals surface area (Å²) >= 11 is 0. The fourth-order valence-corrected chi connectivity index (χ4v) is 4.41. The van der Waals surface area contributed by atoms with Crippen molar-refractivity contribution < 1.29 is 60.8 Å². The van der Waals surface area contributed by atoms with Crippen molar-refractivity contribution in [1.82, 2.24) is 0 Å². The molecule has 0 aromatic heterocycles. The molecule has 0 aliphatic carbocycles. The fourth-order valence-electron chi connectivity index (χ4n) is 4.41. The van der Waals surface area contributed by atoms with Gasteiger partial charge in [-0.3, -0.25) is 9.59 Å². The lowest BCUT2D eigenvalue weighted by molar-refractivity contribution is -0.133. The maximum absolute atomic E-state index is 15.5. The normalized spacial score (nSPS) is 14.1. The molecule has 2 aliphatic rings. The number of hydrogen-bond acceptors (Lipinski definition) is 8. The average molecular weight is 532 g/mol. The van der Waals surface area contributed by atoms with Crippen molar-refractivity contribution in [3.05, 3.63) is 81.4 Å². The molecule has 0 saturated heterocycles. The number of carboxylic acid groups (broad SMARTS) is 1. The second-order valence-electron chi connectivity index (χ2n) is 8.18. The smallest absolute Gasteiger partial charge is 0.340 e. The zero-order valence-corrected chi connectivity index (χ0v) is 19.1. The van der Waals surface area contributed by atoms with Gasteiger partial charge in [-0.2, -0.15) is 8.78 Å². The summed E-state index contributed by atoms with van der Waals surface area (Å²) < 4.78 is 81.1. The Balaban J connectivity index is 1.90. The number of carbonyl (C=O) groups excluding carboxylic acids is 3. The van der Waals surface area contributed by atoms with Crippen molar-refractivity contribution in [3.63, 3.8) is 0 Å². The van der Waals surface area contributed by atoms with E-state index in [1.54, 1.807) is 0 Å². The zero-order chi connectivity index (χ0) is 27.7. The Morgan fingerprint density at radius 1 is 0.816 bits per heavy atom. The van der Waals surface area contributed by atoms with E-state index >= 15 is 17.6 Å². The number of halogens is 4. The number of fused-ring (bicyclic) bond motifs is 6. The van der Waals surface area contributed by atoms with Crippen LogP contribution in [0.25, 0.3) is 0 Å². The molecule has 0 saturated carbocycles. The Hall–Kier alpha value is -4.94. The Labute approximate surface area is 209 Å². The molecular formula is C25H12F4O9. The summed E-state index contributed by atoms with van der Waals surface area (Å²) in [6, 6.07) is 4.21. The Morgan fingerprint density at radius 2 is 1.32 bits per heavy atom. The summed E-state index contributed by atoms with van der Waals surface area (Å²) in [7, 11) is 0. The van der Waals surface area contributed by atoms with Crippen molar-refractivity contribution in [2.75, 3.05) is 0 Å². The van der Waals surface area contributed by atoms with E-state index in [1.165, 1.54) is 0 Å². The highest BCUT2D eigenvalue weighted by Crippen LogP contribution is 2.59. The summed E-state index contributed by atoms with van der Waals surface area (Å²) in [4.78, 5) is 47.2. The van der Waals surface area contributed by atoms with Gasteiger partial charge in [0.25, 0.3) is 0 Å². The quantitative estimate of drug-likeness (QED) is 0.298. The predicted molar refractivity (Wildman–Crippen MR) is 114 cm³/mol. The Bertz CT molecular complexity index is 1550. The van der Waals surface area contributed by atoms with Gasteiger partial charge in [0.2, 0.25) is 23.1 Å². The highest BCUT2D eigenvalue weighted by atomic mass is 19.1. The van der Waals surface area contributed by atoms with Crippen LogP contribution < -0.4 is 14.2 Å². The third-order valence-corrected chi connectivity index (χ3v) is 5.83. The van der Waals surface area contributed by atoms with Gasteiger partial charge < -0.3 is 24.1 Å². The first kappa shape index (κ1) is 24.7. The summed E-state index contributed by atoms with van der Waals surface area (Å²) in [6.07, 6.45) is 0. The Morgan fingerprint density at radius 3 is 1.76 bits per heavy atom. The Kier molecular flexibility index (Phi) is 5.40. The summed E-state index contributed by atoms with van der Waals surface area (Å²) in [5.74, 6) is -15.4. The van der Waals surface area contributed by atoms with Crippen LogP contribution in [0.5, 0.6) is 23.0 Å². The molecule has 0 radical (unpaired) electrons. The number of ether oxygens (including phenoxy) is 4. The molecule has 0 amide bonds. The maximum atomic E-state index is 15.5. The van der Waals surface area contributed by atoms with Gasteiger partial charge in [0.05, 0.1) is 22.3 Å². The third kappa shape index (κ3) is 3.38. The van der Waals surface area contributed by atoms with Gasteiger partial charge in [-0.15, -0.1) is 0 Å². The number of rotatable bonds is 3. The SMILES string of the molecule is CC(=O)Oc1c(F)cc2c(c1F)Oc1c(cc(F)c(OC(C)=O)c1F)C21OC(=O)c2cc(C(=O)O)ccc21. The molecule has 3 aromatic rings. The van der Waals surface area contributed by atoms with E-state index in [4.69, 9.17) is 9.47 Å². The van der Waals surface area contributed by atoms with E-state index in [9.17, 15) is 24.3 Å². The molecule has 0 atom stereocenters. The lowest BCUT2D eigenvalue weighted by Gasteiger charge is -2.37. The predicted octanol–water partition coefficient (Wildman–Crippen LogP) is 4.36. The van der Waals surface area contributed by atoms with Crippen molar-refractivity contribution in [2.45, 2.75) is 19.4 Å². The van der Waals surface area contributed by atoms with Crippen LogP contribution in [0.4, 0.5) is 17.6 Å². The van der Waals surface area contributed by atoms with Crippen LogP contribution in [-0.4, -0.2) is 29.0 Å². The molecule has 0 unspecified atom stereocenters. The van der Waals surface area contributed by atoms with Crippen LogP contribution >= 0.6 is 0 Å². The number of carboxylic acids is 1. The molecule has 38 heavy (non-hydrogen) atoms. The van der Waals surface area contributed by atoms with Crippen LogP contribution in [0.2, 0.25) is 0 Å². The minimum absolute atomic E-state index is 0.226. The van der Waals surface area contributed by atoms with E-state index < -0.39 is 86.9 Å². The van der Waals surface area contributed by atoms with Gasteiger partial charge in [-0.05, 0) is 24.3 Å². The number of benzene rings is 3. The van der Waals surface area contributed by atoms with Crippen molar-refractivity contribution in [2.24, 2.45) is 0 Å². The van der Waals surface area contributed by atoms with Crippen molar-refractivity contribution in [3.8, 4) is 23.0 Å². The summed E-state index contributed by atoms with van der Waals surface area (Å²) in [5, 5.41) is 9.32. The second kappa shape index (κ2) is 8.30. The summed E-state index contributed by atoms with van der Waals surface area (Å²) in [6.45, 7) is 1.72. The second-order valence-corrected chi connectivity index (χ2v) is 8.18. The van der Waals surface area contributed by atoms with Crippen LogP contribution in [0.1, 0.15) is 51.3 Å². The van der Waals surface area contributed by atoms with E-state index in [2.05, 4.69) is 9.47 Å². The number of aromatic carboxylic acids is 1. The molecule has 0 bridgehead atoms. The van der Waals surface area contributed by atoms with Gasteiger partial charge in [-0.1, -0.05) is 6.07 Å². The number of carbonyl (C=O) groups is 4. The lowest BCUT2D eigenvalue weighted by atomic mass is 9.77. The van der Waals surface area contributed by atoms with Crippen LogP contribution in [0.15, 0.2) is 30.3 Å². The topological polar surface area (TPSA) is 125 Å². The molecule has 3 aromatic carbocycles. The van der Waals surface area contributed by atoms with Gasteiger partial charge in [0, 0.05) is 19.4 Å². The van der Waals surface area contributed by atoms with Gasteiger partial charge in [-0.25, -0.2) is 18.4 Å². The molecule has 5 rings (SSSR count). The molecule has 194 valence electrons. The molecule has 2 aliphatic heterocycles. The van der Waals surface area contributed by atoms with E-state index in [0.717, 1.165) is 32.0 Å². The van der Waals surface area contributed by atoms with E-state index in [0.29, 0.717) is 12.1 Å². The first-order valence-corrected chi connectivity index (χ1v) is 10.6. The van der Waals surface area contributed by atoms with Crippen molar-refractivity contribution in [1.29, 1.82) is 0 Å². The first-order chi connectivity index (χ1) is 17.9. The monoisotopic (exact) mass is 532 g/mol. The van der Waals surface area contributed by atoms with Gasteiger partial charge in [0.1, 0.15) is 0 Å². The minimum atomic E-state index is -2.46. The van der Waals surface area contributed by atoms with E-state index in [1.807, 2.05) is 0 Å². The van der Waals surface area contributed by atoms with Crippen LogP contribution in [0.3, 0.4) is 0 Å². The third-order valence-electron chi connectivity index (χ3n) is 5.83. The molecule has 2 heterocycles. The highest BCUT2D eigenvalue weighted by molar-refractivity contribution is 6.00. The van der Waals surface area contributed by atoms with Crippen molar-refractivity contribution >= 4 is 23.9 Å². The van der Waals surface area contributed by atoms with Gasteiger partial charge >= 0.3 is 23.9 Å². The van der Waals surface area contributed by atoms with Crippen LogP contribution in [-0.2, 0) is 19.9 Å². The first-order valence-electron chi connectivity index (χ1n) is 10.6. The number of hydrogen-bond donors (Lipinski definition) is 1. The fraction of sp³-hybridized carbons (Fsp3) is 0.120. The van der Waals surface area contributed by atoms with E-state index in [-0.39, 0.29) is 16.7 Å². The summed E-state index contributed by atoms with van der Waals surface area (Å²) in [5.41, 5.74) is -4.60. The standard InChI is InChI=1S/C25H12F4O9/c1-8(30)35-21-15(26)6-13-19(17(21)28)37-20-14(7-16(27)22(18(20)29)36-9(2)31)25(13)12-4-3-10(23(32)33)5-11(12)24(34)38-25/h3-7H,1-2H3,(H,32,33). The maximum Gasteiger partial charge on any atom is 0.340 e. The molecular weight excluding hydrogens is 520 g/mol. The molecule has 1 spiro atoms.